The Bertz CT molecular complexity index is 821. The monoisotopic (exact) mass is 340 g/mol. The van der Waals surface area contributed by atoms with Crippen molar-refractivity contribution >= 4 is 22.8 Å². The Balaban J connectivity index is 1.42. The van der Waals surface area contributed by atoms with Gasteiger partial charge in [-0.25, -0.2) is 0 Å². The second-order valence-corrected chi connectivity index (χ2v) is 7.56. The molecule has 0 bridgehead atoms. The maximum absolute atomic E-state index is 12.6. The topological polar surface area (TPSA) is 73.4 Å². The second kappa shape index (κ2) is 6.21. The molecule has 5 heteroatoms. The van der Waals surface area contributed by atoms with Gasteiger partial charge in [0.1, 0.15) is 0 Å². The summed E-state index contributed by atoms with van der Waals surface area (Å²) >= 11 is 0. The van der Waals surface area contributed by atoms with Crippen LogP contribution in [0.15, 0.2) is 24.4 Å². The number of carboxylic acid groups (broad SMARTS) is 1. The average molecular weight is 340 g/mol. The molecule has 2 heterocycles. The minimum absolute atomic E-state index is 0.0800. The maximum Gasteiger partial charge on any atom is 0.308 e. The van der Waals surface area contributed by atoms with Crippen LogP contribution in [0.25, 0.3) is 10.9 Å². The van der Waals surface area contributed by atoms with Crippen LogP contribution in [0.4, 0.5) is 0 Å². The quantitative estimate of drug-likeness (QED) is 0.879. The van der Waals surface area contributed by atoms with E-state index in [1.54, 1.807) is 4.90 Å². The van der Waals surface area contributed by atoms with Crippen LogP contribution in [0.1, 0.15) is 30.4 Å². The molecule has 1 aliphatic carbocycles. The molecule has 1 aliphatic heterocycles. The molecule has 25 heavy (non-hydrogen) atoms. The summed E-state index contributed by atoms with van der Waals surface area (Å²) in [5.41, 5.74) is 3.48. The van der Waals surface area contributed by atoms with Gasteiger partial charge in [0.05, 0.1) is 5.92 Å². The fourth-order valence-corrected chi connectivity index (χ4v) is 4.27. The predicted molar refractivity (Wildman–Crippen MR) is 95.3 cm³/mol. The summed E-state index contributed by atoms with van der Waals surface area (Å²) in [6.07, 6.45) is 5.34. The largest absolute Gasteiger partial charge is 0.481 e. The minimum Gasteiger partial charge on any atom is -0.481 e. The Morgan fingerprint density at radius 3 is 2.80 bits per heavy atom. The molecule has 0 unspecified atom stereocenters. The van der Waals surface area contributed by atoms with Crippen molar-refractivity contribution in [1.82, 2.24) is 9.88 Å². The minimum atomic E-state index is -0.751. The Kier molecular flexibility index (Phi) is 4.02. The third-order valence-corrected chi connectivity index (χ3v) is 5.88. The molecule has 1 aromatic heterocycles. The third kappa shape index (κ3) is 3.03. The highest BCUT2D eigenvalue weighted by Crippen LogP contribution is 2.44. The molecular weight excluding hydrogens is 316 g/mol. The van der Waals surface area contributed by atoms with Crippen LogP contribution in [0.3, 0.4) is 0 Å². The van der Waals surface area contributed by atoms with Crippen molar-refractivity contribution in [3.63, 3.8) is 0 Å². The van der Waals surface area contributed by atoms with Gasteiger partial charge < -0.3 is 15.0 Å². The van der Waals surface area contributed by atoms with Crippen molar-refractivity contribution < 1.29 is 14.7 Å². The molecule has 1 saturated carbocycles. The summed E-state index contributed by atoms with van der Waals surface area (Å²) < 4.78 is 0. The fraction of sp³-hybridized carbons (Fsp3) is 0.500. The van der Waals surface area contributed by atoms with E-state index in [0.29, 0.717) is 31.8 Å². The van der Waals surface area contributed by atoms with Gasteiger partial charge in [0, 0.05) is 36.6 Å². The number of rotatable bonds is 5. The molecule has 0 spiro atoms. The molecule has 5 nitrogen and oxygen atoms in total. The summed E-state index contributed by atoms with van der Waals surface area (Å²) in [5.74, 6) is -0.393. The highest BCUT2D eigenvalue weighted by molar-refractivity contribution is 5.86. The number of H-pyrrole nitrogens is 1. The van der Waals surface area contributed by atoms with Gasteiger partial charge in [-0.15, -0.1) is 0 Å². The predicted octanol–water partition coefficient (Wildman–Crippen LogP) is 2.98. The summed E-state index contributed by atoms with van der Waals surface area (Å²) in [5, 5.41) is 10.6. The average Bonchev–Trinajstić information content (AvgIpc) is 3.19. The first-order valence-electron chi connectivity index (χ1n) is 9.10. The molecule has 4 rings (SSSR count). The van der Waals surface area contributed by atoms with Crippen LogP contribution in [0.5, 0.6) is 0 Å². The van der Waals surface area contributed by atoms with Gasteiger partial charge in [-0.3, -0.25) is 9.59 Å². The molecule has 2 N–H and O–H groups in total. The van der Waals surface area contributed by atoms with E-state index in [9.17, 15) is 14.7 Å². The number of para-hydroxylation sites is 1. The number of aryl methyl sites for hydroxylation is 2. The normalized spacial score (nSPS) is 23.3. The number of amides is 1. The SMILES string of the molecule is Cc1cccc2c(CCC(=O)N3C[C@H](C(=O)O)[C@@H](C4CC4)C3)c[nH]c12. The van der Waals surface area contributed by atoms with Crippen LogP contribution in [-0.2, 0) is 16.0 Å². The molecule has 132 valence electrons. The number of carbonyl (C=O) groups is 2. The van der Waals surface area contributed by atoms with E-state index in [0.717, 1.165) is 23.9 Å². The van der Waals surface area contributed by atoms with E-state index in [2.05, 4.69) is 24.0 Å². The van der Waals surface area contributed by atoms with Crippen molar-refractivity contribution in [1.29, 1.82) is 0 Å². The van der Waals surface area contributed by atoms with Gasteiger partial charge in [-0.1, -0.05) is 18.2 Å². The van der Waals surface area contributed by atoms with Crippen molar-refractivity contribution in [3.05, 3.63) is 35.5 Å². The number of nitrogens with zero attached hydrogens (tertiary/aromatic N) is 1. The number of aromatic nitrogens is 1. The van der Waals surface area contributed by atoms with Gasteiger partial charge in [-0.2, -0.15) is 0 Å². The number of benzene rings is 1. The van der Waals surface area contributed by atoms with E-state index < -0.39 is 5.97 Å². The van der Waals surface area contributed by atoms with Crippen LogP contribution in [0.2, 0.25) is 0 Å². The molecule has 1 amide bonds. The van der Waals surface area contributed by atoms with Crippen molar-refractivity contribution in [3.8, 4) is 0 Å². The first-order valence-corrected chi connectivity index (χ1v) is 9.10. The van der Waals surface area contributed by atoms with Crippen molar-refractivity contribution in [2.24, 2.45) is 17.8 Å². The Hall–Kier alpha value is -2.30. The molecule has 2 fully saturated rings. The fourth-order valence-electron chi connectivity index (χ4n) is 4.27. The second-order valence-electron chi connectivity index (χ2n) is 7.56. The number of hydrogen-bond acceptors (Lipinski definition) is 2. The number of hydrogen-bond donors (Lipinski definition) is 2. The molecule has 2 atom stereocenters. The van der Waals surface area contributed by atoms with E-state index in [4.69, 9.17) is 0 Å². The molecule has 1 saturated heterocycles. The number of fused-ring (bicyclic) bond motifs is 1. The zero-order valence-corrected chi connectivity index (χ0v) is 14.5. The lowest BCUT2D eigenvalue weighted by Gasteiger charge is -2.16. The van der Waals surface area contributed by atoms with Crippen molar-refractivity contribution in [2.75, 3.05) is 13.1 Å². The smallest absolute Gasteiger partial charge is 0.308 e. The van der Waals surface area contributed by atoms with Crippen molar-refractivity contribution in [2.45, 2.75) is 32.6 Å². The Morgan fingerprint density at radius 2 is 2.08 bits per heavy atom. The van der Waals surface area contributed by atoms with E-state index >= 15 is 0 Å². The number of carbonyl (C=O) groups excluding carboxylic acids is 1. The number of carboxylic acids is 1. The van der Waals surface area contributed by atoms with Gasteiger partial charge in [0.25, 0.3) is 0 Å². The van der Waals surface area contributed by atoms with Gasteiger partial charge in [0.15, 0.2) is 0 Å². The molecule has 0 radical (unpaired) electrons. The van der Waals surface area contributed by atoms with E-state index in [-0.39, 0.29) is 17.7 Å². The number of likely N-dealkylation sites (tertiary alicyclic amines) is 1. The number of aromatic amines is 1. The van der Waals surface area contributed by atoms with Crippen LogP contribution in [0, 0.1) is 24.7 Å². The summed E-state index contributed by atoms with van der Waals surface area (Å²) in [6, 6.07) is 6.19. The van der Waals surface area contributed by atoms with E-state index in [1.165, 1.54) is 10.9 Å². The standard InChI is InChI=1S/C20H24N2O3/c1-12-3-2-4-15-14(9-21-19(12)15)7-8-18(23)22-10-16(13-5-6-13)17(11-22)20(24)25/h2-4,9,13,16-17,21H,5-8,10-11H2,1H3,(H,24,25)/t16-,17+/m1/s1. The molecular formula is C20H24N2O3. The maximum atomic E-state index is 12.6. The first kappa shape index (κ1) is 16.2. The molecule has 2 aliphatic rings. The number of nitrogens with one attached hydrogen (secondary N) is 1. The van der Waals surface area contributed by atoms with Crippen LogP contribution in [-0.4, -0.2) is 40.0 Å². The lowest BCUT2D eigenvalue weighted by atomic mass is 9.92. The van der Waals surface area contributed by atoms with E-state index in [1.807, 2.05) is 12.3 Å². The lowest BCUT2D eigenvalue weighted by molar-refractivity contribution is -0.142. The van der Waals surface area contributed by atoms with Gasteiger partial charge >= 0.3 is 5.97 Å². The number of aliphatic carboxylic acids is 1. The highest BCUT2D eigenvalue weighted by Gasteiger charge is 2.46. The highest BCUT2D eigenvalue weighted by atomic mass is 16.4. The Morgan fingerprint density at radius 1 is 1.28 bits per heavy atom. The summed E-state index contributed by atoms with van der Waals surface area (Å²) in [6.45, 7) is 3.07. The van der Waals surface area contributed by atoms with Gasteiger partial charge in [-0.05, 0) is 49.1 Å². The lowest BCUT2D eigenvalue weighted by Crippen LogP contribution is -2.30. The zero-order valence-electron chi connectivity index (χ0n) is 14.5. The van der Waals surface area contributed by atoms with Crippen LogP contribution >= 0.6 is 0 Å². The summed E-state index contributed by atoms with van der Waals surface area (Å²) in [4.78, 5) is 29.2. The van der Waals surface area contributed by atoms with Gasteiger partial charge in [0.2, 0.25) is 5.91 Å². The van der Waals surface area contributed by atoms with Crippen LogP contribution < -0.4 is 0 Å². The molecule has 1 aromatic carbocycles. The third-order valence-electron chi connectivity index (χ3n) is 5.88. The Labute approximate surface area is 147 Å². The summed E-state index contributed by atoms with van der Waals surface area (Å²) in [7, 11) is 0. The molecule has 2 aromatic rings. The first-order chi connectivity index (χ1) is 12.0. The zero-order chi connectivity index (χ0) is 17.6.